The van der Waals surface area contributed by atoms with Gasteiger partial charge in [0.05, 0.1) is 41.7 Å². The van der Waals surface area contributed by atoms with Crippen LogP contribution in [-0.4, -0.2) is 17.0 Å². The maximum absolute atomic E-state index is 12.6. The Kier molecular flexibility index (Phi) is 7.07. The number of carbonyl (C=O) groups is 2. The average molecular weight is 460 g/mol. The zero-order valence-electron chi connectivity index (χ0n) is 19.0. The minimum absolute atomic E-state index is 0.159. The molecule has 0 aliphatic heterocycles. The van der Waals surface area contributed by atoms with Crippen molar-refractivity contribution in [3.63, 3.8) is 0 Å². The summed E-state index contributed by atoms with van der Waals surface area (Å²) in [4.78, 5) is 25.2. The third-order valence-electron chi connectivity index (χ3n) is 5.30. The summed E-state index contributed by atoms with van der Waals surface area (Å²) >= 11 is 0. The largest absolute Gasteiger partial charge is 0.489 e. The van der Waals surface area contributed by atoms with Crippen LogP contribution in [-0.2, 0) is 24.4 Å². The summed E-state index contributed by atoms with van der Waals surface area (Å²) in [5, 5.41) is 9.54. The molecule has 8 nitrogen and oxygen atoms in total. The zero-order valence-corrected chi connectivity index (χ0v) is 19.0. The molecule has 4 rings (SSSR count). The van der Waals surface area contributed by atoms with Crippen LogP contribution in [0, 0.1) is 13.8 Å². The highest BCUT2D eigenvalue weighted by Gasteiger charge is 2.14. The fourth-order valence-electron chi connectivity index (χ4n) is 3.41. The molecular weight excluding hydrogens is 434 g/mol. The van der Waals surface area contributed by atoms with E-state index in [1.54, 1.807) is 42.7 Å². The van der Waals surface area contributed by atoms with E-state index in [4.69, 9.17) is 13.7 Å². The standard InChI is InChI=1S/C26H25N3O5/c1-17-23(18(2)34-29-17)16-33-20-11-9-19(10-12-20)14-25(30)28-24-8-4-3-7-22(24)26(31)27-15-21-6-5-13-32-21/h3-13H,14-16H2,1-2H3,(H,27,31)(H,28,30). The molecule has 0 unspecified atom stereocenters. The highest BCUT2D eigenvalue weighted by atomic mass is 16.5. The summed E-state index contributed by atoms with van der Waals surface area (Å²) in [6.07, 6.45) is 1.71. The SMILES string of the molecule is Cc1noc(C)c1COc1ccc(CC(=O)Nc2ccccc2C(=O)NCc2ccco2)cc1. The van der Waals surface area contributed by atoms with Crippen LogP contribution in [0.2, 0.25) is 0 Å². The predicted molar refractivity (Wildman–Crippen MR) is 125 cm³/mol. The minimum atomic E-state index is -0.299. The lowest BCUT2D eigenvalue weighted by molar-refractivity contribution is -0.115. The number of ether oxygens (including phenoxy) is 1. The van der Waals surface area contributed by atoms with Gasteiger partial charge in [-0.2, -0.15) is 0 Å². The van der Waals surface area contributed by atoms with Crippen molar-refractivity contribution in [2.45, 2.75) is 33.4 Å². The monoisotopic (exact) mass is 459 g/mol. The molecular formula is C26H25N3O5. The lowest BCUT2D eigenvalue weighted by atomic mass is 10.1. The molecule has 2 N–H and O–H groups in total. The first-order valence-corrected chi connectivity index (χ1v) is 10.8. The highest BCUT2D eigenvalue weighted by Crippen LogP contribution is 2.19. The minimum Gasteiger partial charge on any atom is -0.489 e. The summed E-state index contributed by atoms with van der Waals surface area (Å²) < 4.78 is 16.2. The van der Waals surface area contributed by atoms with E-state index >= 15 is 0 Å². The van der Waals surface area contributed by atoms with Crippen LogP contribution in [0.4, 0.5) is 5.69 Å². The first-order chi connectivity index (χ1) is 16.5. The number of hydrogen-bond acceptors (Lipinski definition) is 6. The summed E-state index contributed by atoms with van der Waals surface area (Å²) in [5.74, 6) is 1.54. The summed E-state index contributed by atoms with van der Waals surface area (Å²) in [6, 6.07) is 17.7. The number of benzene rings is 2. The van der Waals surface area contributed by atoms with E-state index in [0.29, 0.717) is 29.4 Å². The third kappa shape index (κ3) is 5.72. The van der Waals surface area contributed by atoms with Gasteiger partial charge in [0.1, 0.15) is 23.9 Å². The van der Waals surface area contributed by atoms with Gasteiger partial charge < -0.3 is 24.3 Å². The van der Waals surface area contributed by atoms with Crippen molar-refractivity contribution in [2.75, 3.05) is 5.32 Å². The van der Waals surface area contributed by atoms with E-state index in [-0.39, 0.29) is 24.8 Å². The number of hydrogen-bond donors (Lipinski definition) is 2. The van der Waals surface area contributed by atoms with Crippen molar-refractivity contribution in [2.24, 2.45) is 0 Å². The van der Waals surface area contributed by atoms with Gasteiger partial charge in [0, 0.05) is 0 Å². The second-order valence-corrected chi connectivity index (χ2v) is 7.77. The maximum atomic E-state index is 12.6. The molecule has 2 heterocycles. The van der Waals surface area contributed by atoms with Gasteiger partial charge in [-0.1, -0.05) is 29.4 Å². The Balaban J connectivity index is 1.32. The Bertz CT molecular complexity index is 1240. The molecule has 34 heavy (non-hydrogen) atoms. The number of rotatable bonds is 9. The molecule has 0 aliphatic rings. The highest BCUT2D eigenvalue weighted by molar-refractivity contribution is 6.04. The van der Waals surface area contributed by atoms with Gasteiger partial charge in [-0.05, 0) is 55.8 Å². The molecule has 174 valence electrons. The van der Waals surface area contributed by atoms with Crippen LogP contribution in [0.1, 0.15) is 38.7 Å². The number of nitrogens with one attached hydrogen (secondary N) is 2. The van der Waals surface area contributed by atoms with E-state index in [9.17, 15) is 9.59 Å². The van der Waals surface area contributed by atoms with Crippen molar-refractivity contribution in [3.05, 3.63) is 101 Å². The van der Waals surface area contributed by atoms with Crippen LogP contribution in [0.3, 0.4) is 0 Å². The second kappa shape index (κ2) is 10.5. The van der Waals surface area contributed by atoms with Crippen molar-refractivity contribution >= 4 is 17.5 Å². The first-order valence-electron chi connectivity index (χ1n) is 10.8. The molecule has 2 aromatic heterocycles. The van der Waals surface area contributed by atoms with Gasteiger partial charge in [-0.25, -0.2) is 0 Å². The number of anilines is 1. The van der Waals surface area contributed by atoms with Gasteiger partial charge >= 0.3 is 0 Å². The van der Waals surface area contributed by atoms with Gasteiger partial charge in [0.25, 0.3) is 5.91 Å². The normalized spacial score (nSPS) is 10.6. The summed E-state index contributed by atoms with van der Waals surface area (Å²) in [7, 11) is 0. The summed E-state index contributed by atoms with van der Waals surface area (Å²) in [6.45, 7) is 4.34. The lowest BCUT2D eigenvalue weighted by Crippen LogP contribution is -2.25. The number of nitrogens with zero attached hydrogens (tertiary/aromatic N) is 1. The van der Waals surface area contributed by atoms with Crippen molar-refractivity contribution in [1.29, 1.82) is 0 Å². The molecule has 0 atom stereocenters. The number of amides is 2. The predicted octanol–water partition coefficient (Wildman–Crippen LogP) is 4.57. The van der Waals surface area contributed by atoms with Gasteiger partial charge in [-0.3, -0.25) is 9.59 Å². The number of aromatic nitrogens is 1. The third-order valence-corrected chi connectivity index (χ3v) is 5.30. The Labute approximate surface area is 196 Å². The van der Waals surface area contributed by atoms with Gasteiger partial charge in [0.2, 0.25) is 5.91 Å². The quantitative estimate of drug-likeness (QED) is 0.380. The molecule has 0 bridgehead atoms. The lowest BCUT2D eigenvalue weighted by Gasteiger charge is -2.11. The first kappa shape index (κ1) is 22.8. The molecule has 4 aromatic rings. The fraction of sp³-hybridized carbons (Fsp3) is 0.192. The molecule has 8 heteroatoms. The Morgan fingerprint density at radius 1 is 1.00 bits per heavy atom. The van der Waals surface area contributed by atoms with Crippen molar-refractivity contribution in [3.8, 4) is 5.75 Å². The number of aryl methyl sites for hydroxylation is 2. The van der Waals surface area contributed by atoms with Crippen LogP contribution in [0.5, 0.6) is 5.75 Å². The average Bonchev–Trinajstić information content (AvgIpc) is 3.47. The molecule has 0 radical (unpaired) electrons. The Hall–Kier alpha value is -4.33. The molecule has 0 saturated heterocycles. The Morgan fingerprint density at radius 2 is 1.79 bits per heavy atom. The van der Waals surface area contributed by atoms with E-state index in [1.165, 1.54) is 0 Å². The Morgan fingerprint density at radius 3 is 2.50 bits per heavy atom. The van der Waals surface area contributed by atoms with Gasteiger partial charge in [0.15, 0.2) is 0 Å². The molecule has 0 fully saturated rings. The molecule has 2 amide bonds. The van der Waals surface area contributed by atoms with Gasteiger partial charge in [-0.15, -0.1) is 0 Å². The van der Waals surface area contributed by atoms with Crippen molar-refractivity contribution in [1.82, 2.24) is 10.5 Å². The van der Waals surface area contributed by atoms with E-state index < -0.39 is 0 Å². The zero-order chi connectivity index (χ0) is 23.9. The number of furan rings is 1. The van der Waals surface area contributed by atoms with E-state index in [2.05, 4.69) is 15.8 Å². The number of carbonyl (C=O) groups excluding carboxylic acids is 2. The van der Waals surface area contributed by atoms with Crippen LogP contribution in [0.25, 0.3) is 0 Å². The van der Waals surface area contributed by atoms with E-state index in [1.807, 2.05) is 38.1 Å². The van der Waals surface area contributed by atoms with Crippen LogP contribution < -0.4 is 15.4 Å². The molecule has 0 spiro atoms. The number of para-hydroxylation sites is 1. The van der Waals surface area contributed by atoms with Crippen molar-refractivity contribution < 1.29 is 23.3 Å². The topological polar surface area (TPSA) is 107 Å². The smallest absolute Gasteiger partial charge is 0.253 e. The van der Waals surface area contributed by atoms with Crippen LogP contribution >= 0.6 is 0 Å². The fourth-order valence-corrected chi connectivity index (χ4v) is 3.41. The molecule has 2 aromatic carbocycles. The summed E-state index contributed by atoms with van der Waals surface area (Å²) in [5.41, 5.74) is 3.38. The van der Waals surface area contributed by atoms with Crippen LogP contribution in [0.15, 0.2) is 75.9 Å². The maximum Gasteiger partial charge on any atom is 0.253 e. The molecule has 0 saturated carbocycles. The molecule has 0 aliphatic carbocycles. The second-order valence-electron chi connectivity index (χ2n) is 7.77. The van der Waals surface area contributed by atoms with E-state index in [0.717, 1.165) is 22.6 Å².